The molecule has 0 saturated carbocycles. The maximum absolute atomic E-state index is 10.6. The van der Waals surface area contributed by atoms with E-state index in [9.17, 15) is 5.11 Å². The molecule has 138 valence electrons. The number of anilines is 1. The number of aromatic hydroxyl groups is 1. The summed E-state index contributed by atoms with van der Waals surface area (Å²) in [7, 11) is 1.60. The normalized spacial score (nSPS) is 11.4. The summed E-state index contributed by atoms with van der Waals surface area (Å²) < 4.78 is 7.01. The molecule has 0 amide bonds. The van der Waals surface area contributed by atoms with Gasteiger partial charge in [0.2, 0.25) is 11.8 Å². The fraction of sp³-hybridized carbons (Fsp3) is 0.238. The molecule has 0 aliphatic carbocycles. The summed E-state index contributed by atoms with van der Waals surface area (Å²) >= 11 is 0. The van der Waals surface area contributed by atoms with Gasteiger partial charge in [0.1, 0.15) is 0 Å². The Labute approximate surface area is 157 Å². The van der Waals surface area contributed by atoms with Crippen LogP contribution in [0.2, 0.25) is 0 Å². The number of rotatable bonds is 4. The third kappa shape index (κ3) is 2.65. The van der Waals surface area contributed by atoms with Gasteiger partial charge in [-0.2, -0.15) is 0 Å². The van der Waals surface area contributed by atoms with Gasteiger partial charge < -0.3 is 20.1 Å². The van der Waals surface area contributed by atoms with Gasteiger partial charge in [-0.05, 0) is 19.4 Å². The second-order valence-electron chi connectivity index (χ2n) is 6.62. The van der Waals surface area contributed by atoms with Crippen molar-refractivity contribution in [1.29, 1.82) is 0 Å². The van der Waals surface area contributed by atoms with E-state index in [1.54, 1.807) is 11.7 Å². The van der Waals surface area contributed by atoms with Gasteiger partial charge in [0.05, 0.1) is 29.2 Å². The number of hydrogen-bond donors (Lipinski definition) is 2. The number of nitrogen functional groups attached to an aromatic ring is 1. The lowest BCUT2D eigenvalue weighted by molar-refractivity contribution is 0.397. The maximum Gasteiger partial charge on any atom is 0.213 e. The lowest BCUT2D eigenvalue weighted by Gasteiger charge is -2.11. The minimum Gasteiger partial charge on any atom is -0.494 e. The number of nitrogens with zero attached hydrogens (tertiary/aromatic N) is 3. The summed E-state index contributed by atoms with van der Waals surface area (Å²) in [6.07, 6.45) is 2.77. The summed E-state index contributed by atoms with van der Waals surface area (Å²) in [4.78, 5) is 9.32. The van der Waals surface area contributed by atoms with Crippen molar-refractivity contribution in [3.63, 3.8) is 0 Å². The quantitative estimate of drug-likeness (QED) is 0.566. The first-order valence-electron chi connectivity index (χ1n) is 8.97. The van der Waals surface area contributed by atoms with Crippen LogP contribution in [0.1, 0.15) is 19.0 Å². The van der Waals surface area contributed by atoms with Crippen LogP contribution in [0.4, 0.5) is 5.69 Å². The Morgan fingerprint density at radius 2 is 1.96 bits per heavy atom. The molecule has 0 fully saturated rings. The van der Waals surface area contributed by atoms with E-state index in [0.29, 0.717) is 29.0 Å². The predicted molar refractivity (Wildman–Crippen MR) is 108 cm³/mol. The molecule has 0 unspecified atom stereocenters. The predicted octanol–water partition coefficient (Wildman–Crippen LogP) is 4.27. The van der Waals surface area contributed by atoms with Gasteiger partial charge in [-0.1, -0.05) is 25.1 Å². The van der Waals surface area contributed by atoms with E-state index in [1.807, 2.05) is 43.5 Å². The van der Waals surface area contributed by atoms with Crippen molar-refractivity contribution in [2.45, 2.75) is 26.8 Å². The fourth-order valence-electron chi connectivity index (χ4n) is 3.58. The molecule has 3 aromatic heterocycles. The largest absolute Gasteiger partial charge is 0.494 e. The Balaban J connectivity index is 2.02. The van der Waals surface area contributed by atoms with Crippen molar-refractivity contribution in [3.8, 4) is 22.9 Å². The van der Waals surface area contributed by atoms with Gasteiger partial charge in [0.25, 0.3) is 0 Å². The van der Waals surface area contributed by atoms with Crippen molar-refractivity contribution >= 4 is 27.5 Å². The summed E-state index contributed by atoms with van der Waals surface area (Å²) in [5.41, 5.74) is 11.3. The van der Waals surface area contributed by atoms with Crippen LogP contribution < -0.4 is 10.5 Å². The minimum absolute atomic E-state index is 0.173. The summed E-state index contributed by atoms with van der Waals surface area (Å²) in [5, 5.41) is 12.0. The van der Waals surface area contributed by atoms with Gasteiger partial charge in [0, 0.05) is 41.0 Å². The molecule has 6 nitrogen and oxygen atoms in total. The number of fused-ring (bicyclic) bond motifs is 2. The lowest BCUT2D eigenvalue weighted by Crippen LogP contribution is -1.96. The fourth-order valence-corrected chi connectivity index (χ4v) is 3.58. The van der Waals surface area contributed by atoms with Crippen molar-refractivity contribution in [2.24, 2.45) is 0 Å². The molecule has 4 aromatic rings. The first-order valence-corrected chi connectivity index (χ1v) is 8.97. The van der Waals surface area contributed by atoms with Gasteiger partial charge >= 0.3 is 0 Å². The zero-order valence-corrected chi connectivity index (χ0v) is 15.7. The van der Waals surface area contributed by atoms with E-state index >= 15 is 0 Å². The second kappa shape index (κ2) is 6.46. The number of nitrogens with two attached hydrogens (primary N) is 1. The van der Waals surface area contributed by atoms with E-state index in [-0.39, 0.29) is 5.88 Å². The second-order valence-corrected chi connectivity index (χ2v) is 6.62. The summed E-state index contributed by atoms with van der Waals surface area (Å²) in [5.74, 6) is 0.749. The van der Waals surface area contributed by atoms with Crippen LogP contribution in [-0.2, 0) is 6.54 Å². The number of benzene rings is 1. The van der Waals surface area contributed by atoms with Crippen molar-refractivity contribution in [1.82, 2.24) is 14.5 Å². The number of ether oxygens (including phenoxy) is 1. The molecule has 4 rings (SSSR count). The van der Waals surface area contributed by atoms with Crippen molar-refractivity contribution < 1.29 is 9.84 Å². The number of methoxy groups -OCH3 is 1. The Morgan fingerprint density at radius 1 is 1.15 bits per heavy atom. The molecule has 6 heteroatoms. The highest BCUT2D eigenvalue weighted by atomic mass is 16.5. The molecule has 1 aromatic carbocycles. The number of hydrogen-bond acceptors (Lipinski definition) is 5. The highest BCUT2D eigenvalue weighted by Crippen LogP contribution is 2.39. The zero-order chi connectivity index (χ0) is 19.1. The molecule has 0 atom stereocenters. The average Bonchev–Trinajstić information content (AvgIpc) is 2.98. The first-order chi connectivity index (χ1) is 13.0. The van der Waals surface area contributed by atoms with E-state index in [1.165, 1.54) is 0 Å². The number of pyridine rings is 2. The van der Waals surface area contributed by atoms with E-state index in [2.05, 4.69) is 11.9 Å². The number of aryl methyl sites for hydroxylation is 2. The Kier molecular flexibility index (Phi) is 4.11. The standard InChI is InChI=1S/C21H22N4O2/c1-4-10-25-11-16-18(21(25)26)19(22)15-7-5-6-14(20(15)24-16)13-8-9-17(27-3)23-12(13)2/h5-9,11,26H,4,10,22H2,1-3H3. The Hall–Kier alpha value is -3.28. The monoisotopic (exact) mass is 362 g/mol. The third-order valence-corrected chi connectivity index (χ3v) is 4.88. The van der Waals surface area contributed by atoms with Crippen LogP contribution in [0.15, 0.2) is 36.5 Å². The molecular formula is C21H22N4O2. The zero-order valence-electron chi connectivity index (χ0n) is 15.7. The van der Waals surface area contributed by atoms with Crippen LogP contribution >= 0.6 is 0 Å². The Bertz CT molecular complexity index is 1160. The molecule has 27 heavy (non-hydrogen) atoms. The first kappa shape index (κ1) is 17.1. The lowest BCUT2D eigenvalue weighted by atomic mass is 9.99. The average molecular weight is 362 g/mol. The van der Waals surface area contributed by atoms with E-state index in [0.717, 1.165) is 34.1 Å². The molecule has 0 radical (unpaired) electrons. The van der Waals surface area contributed by atoms with Crippen LogP contribution in [0.25, 0.3) is 32.9 Å². The van der Waals surface area contributed by atoms with Crippen molar-refractivity contribution in [2.75, 3.05) is 12.8 Å². The van der Waals surface area contributed by atoms with Crippen molar-refractivity contribution in [3.05, 3.63) is 42.2 Å². The van der Waals surface area contributed by atoms with Gasteiger partial charge in [-0.25, -0.2) is 9.97 Å². The summed E-state index contributed by atoms with van der Waals surface area (Å²) in [6.45, 7) is 4.73. The molecule has 0 saturated heterocycles. The van der Waals surface area contributed by atoms with E-state index < -0.39 is 0 Å². The molecule has 3 heterocycles. The van der Waals surface area contributed by atoms with Gasteiger partial charge in [0.15, 0.2) is 0 Å². The van der Waals surface area contributed by atoms with Crippen LogP contribution in [-0.4, -0.2) is 26.8 Å². The SMILES string of the molecule is CCCn1cc2nc3c(-c4ccc(OC)nc4C)cccc3c(N)c2c1O. The summed E-state index contributed by atoms with van der Waals surface area (Å²) in [6, 6.07) is 9.72. The Morgan fingerprint density at radius 3 is 2.67 bits per heavy atom. The number of aromatic nitrogens is 3. The molecule has 0 aliphatic rings. The molecule has 3 N–H and O–H groups in total. The molecule has 0 bridgehead atoms. The van der Waals surface area contributed by atoms with Crippen LogP contribution in [0, 0.1) is 6.92 Å². The highest BCUT2D eigenvalue weighted by molar-refractivity contribution is 6.12. The minimum atomic E-state index is 0.173. The topological polar surface area (TPSA) is 86.2 Å². The number of para-hydroxylation sites is 1. The van der Waals surface area contributed by atoms with Gasteiger partial charge in [-0.3, -0.25) is 0 Å². The van der Waals surface area contributed by atoms with Crippen LogP contribution in [0.5, 0.6) is 11.8 Å². The van der Waals surface area contributed by atoms with E-state index in [4.69, 9.17) is 15.5 Å². The molecular weight excluding hydrogens is 340 g/mol. The maximum atomic E-state index is 10.6. The third-order valence-electron chi connectivity index (χ3n) is 4.88. The molecule has 0 spiro atoms. The highest BCUT2D eigenvalue weighted by Gasteiger charge is 2.18. The molecule has 0 aliphatic heterocycles. The smallest absolute Gasteiger partial charge is 0.213 e. The van der Waals surface area contributed by atoms with Gasteiger partial charge in [-0.15, -0.1) is 0 Å². The van der Waals surface area contributed by atoms with Crippen LogP contribution in [0.3, 0.4) is 0 Å².